The maximum atomic E-state index is 11.9. The molecule has 25 heavy (non-hydrogen) atoms. The van der Waals surface area contributed by atoms with E-state index < -0.39 is 0 Å². The third-order valence-electron chi connectivity index (χ3n) is 4.82. The SMILES string of the molecule is C=CCNC(=O)CSc1nnc([C@H](CC)[NH+](C)C)n1C1CCCCC1. The Kier molecular flexibility index (Phi) is 7.96. The second-order valence-electron chi connectivity index (χ2n) is 6.92. The first-order chi connectivity index (χ1) is 12.1. The summed E-state index contributed by atoms with van der Waals surface area (Å²) in [4.78, 5) is 13.3. The number of thioether (sulfide) groups is 1. The van der Waals surface area contributed by atoms with Crippen LogP contribution in [0.25, 0.3) is 0 Å². The molecule has 0 aliphatic heterocycles. The smallest absolute Gasteiger partial charge is 0.230 e. The Balaban J connectivity index is 2.21. The van der Waals surface area contributed by atoms with Gasteiger partial charge in [0, 0.05) is 19.0 Å². The van der Waals surface area contributed by atoms with Crippen LogP contribution in [-0.2, 0) is 4.79 Å². The monoisotopic (exact) mass is 366 g/mol. The van der Waals surface area contributed by atoms with E-state index in [4.69, 9.17) is 0 Å². The molecule has 2 rings (SSSR count). The minimum absolute atomic E-state index is 0.00919. The van der Waals surface area contributed by atoms with Gasteiger partial charge in [-0.1, -0.05) is 44.0 Å². The Morgan fingerprint density at radius 1 is 1.40 bits per heavy atom. The van der Waals surface area contributed by atoms with Crippen LogP contribution < -0.4 is 10.2 Å². The Morgan fingerprint density at radius 3 is 2.72 bits per heavy atom. The molecule has 140 valence electrons. The standard InChI is InChI=1S/C18H31N5OS/c1-5-12-19-16(24)13-25-18-21-20-17(15(6-2)22(3)4)23(18)14-10-8-7-9-11-14/h5,14-15H,1,6-13H2,2-4H3,(H,19,24)/p+1/t15-/m0/s1. The van der Waals surface area contributed by atoms with Crippen molar-refractivity contribution in [3.8, 4) is 0 Å². The lowest BCUT2D eigenvalue weighted by Crippen LogP contribution is -3.06. The zero-order valence-corrected chi connectivity index (χ0v) is 16.6. The fraction of sp³-hybridized carbons (Fsp3) is 0.722. The van der Waals surface area contributed by atoms with Gasteiger partial charge in [-0.15, -0.1) is 16.8 Å². The summed E-state index contributed by atoms with van der Waals surface area (Å²) < 4.78 is 2.34. The minimum Gasteiger partial charge on any atom is -0.352 e. The van der Waals surface area contributed by atoms with Crippen LogP contribution in [0, 0.1) is 0 Å². The van der Waals surface area contributed by atoms with Crippen molar-refractivity contribution in [1.82, 2.24) is 20.1 Å². The van der Waals surface area contributed by atoms with E-state index in [1.54, 1.807) is 6.08 Å². The topological polar surface area (TPSA) is 64.2 Å². The Morgan fingerprint density at radius 2 is 2.12 bits per heavy atom. The summed E-state index contributed by atoms with van der Waals surface area (Å²) in [5, 5.41) is 12.7. The van der Waals surface area contributed by atoms with Crippen molar-refractivity contribution in [3.05, 3.63) is 18.5 Å². The molecule has 1 amide bonds. The van der Waals surface area contributed by atoms with E-state index in [-0.39, 0.29) is 5.91 Å². The molecule has 0 unspecified atom stereocenters. The predicted molar refractivity (Wildman–Crippen MR) is 102 cm³/mol. The maximum Gasteiger partial charge on any atom is 0.230 e. The van der Waals surface area contributed by atoms with Crippen molar-refractivity contribution in [2.45, 2.75) is 62.7 Å². The third-order valence-corrected chi connectivity index (χ3v) is 5.77. The van der Waals surface area contributed by atoms with Crippen LogP contribution in [0.5, 0.6) is 0 Å². The number of rotatable bonds is 9. The molecule has 7 heteroatoms. The number of quaternary nitrogens is 1. The molecule has 1 aliphatic carbocycles. The summed E-state index contributed by atoms with van der Waals surface area (Å²) in [5.74, 6) is 1.45. The first-order valence-electron chi connectivity index (χ1n) is 9.33. The van der Waals surface area contributed by atoms with E-state index in [0.29, 0.717) is 24.4 Å². The highest BCUT2D eigenvalue weighted by molar-refractivity contribution is 7.99. The maximum absolute atomic E-state index is 11.9. The lowest BCUT2D eigenvalue weighted by atomic mass is 9.95. The van der Waals surface area contributed by atoms with Crippen molar-refractivity contribution in [2.75, 3.05) is 26.4 Å². The highest BCUT2D eigenvalue weighted by Crippen LogP contribution is 2.34. The summed E-state index contributed by atoms with van der Waals surface area (Å²) in [7, 11) is 4.34. The van der Waals surface area contributed by atoms with Crippen LogP contribution in [0.2, 0.25) is 0 Å². The van der Waals surface area contributed by atoms with Gasteiger partial charge in [0.2, 0.25) is 5.91 Å². The van der Waals surface area contributed by atoms with Gasteiger partial charge in [0.1, 0.15) is 6.04 Å². The molecule has 1 fully saturated rings. The normalized spacial score (nSPS) is 16.8. The van der Waals surface area contributed by atoms with E-state index in [2.05, 4.69) is 47.7 Å². The van der Waals surface area contributed by atoms with Gasteiger partial charge in [-0.05, 0) is 12.8 Å². The summed E-state index contributed by atoms with van der Waals surface area (Å²) in [6.07, 6.45) is 8.92. The molecular formula is C18H32N5OS+. The Hall–Kier alpha value is -1.34. The van der Waals surface area contributed by atoms with Crippen molar-refractivity contribution in [2.24, 2.45) is 0 Å². The first-order valence-corrected chi connectivity index (χ1v) is 10.3. The molecule has 1 atom stereocenters. The molecule has 0 bridgehead atoms. The zero-order valence-electron chi connectivity index (χ0n) is 15.8. The van der Waals surface area contributed by atoms with Crippen LogP contribution in [-0.4, -0.2) is 47.1 Å². The van der Waals surface area contributed by atoms with Gasteiger partial charge in [-0.25, -0.2) is 0 Å². The first kappa shape index (κ1) is 20.0. The molecule has 0 aromatic carbocycles. The number of carbonyl (C=O) groups excluding carboxylic acids is 1. The Bertz CT molecular complexity index is 566. The second kappa shape index (κ2) is 9.97. The van der Waals surface area contributed by atoms with Gasteiger partial charge in [0.05, 0.1) is 19.8 Å². The fourth-order valence-corrected chi connectivity index (χ4v) is 4.37. The number of carbonyl (C=O) groups is 1. The summed E-state index contributed by atoms with van der Waals surface area (Å²) >= 11 is 1.49. The average molecular weight is 367 g/mol. The molecule has 1 saturated carbocycles. The Labute approximate surface area is 155 Å². The largest absolute Gasteiger partial charge is 0.352 e. The molecule has 1 aliphatic rings. The number of nitrogens with zero attached hydrogens (tertiary/aromatic N) is 3. The predicted octanol–water partition coefficient (Wildman–Crippen LogP) is 1.77. The van der Waals surface area contributed by atoms with Gasteiger partial charge in [-0.2, -0.15) is 0 Å². The highest BCUT2D eigenvalue weighted by Gasteiger charge is 2.29. The second-order valence-corrected chi connectivity index (χ2v) is 7.86. The van der Waals surface area contributed by atoms with Gasteiger partial charge in [0.25, 0.3) is 0 Å². The molecule has 1 aromatic heterocycles. The minimum atomic E-state index is 0.00919. The molecule has 2 N–H and O–H groups in total. The lowest BCUT2D eigenvalue weighted by molar-refractivity contribution is -0.893. The molecule has 1 aromatic rings. The molecule has 1 heterocycles. The summed E-state index contributed by atoms with van der Waals surface area (Å²) in [6, 6.07) is 0.796. The number of hydrogen-bond donors (Lipinski definition) is 2. The number of amides is 1. The van der Waals surface area contributed by atoms with Crippen molar-refractivity contribution < 1.29 is 9.69 Å². The van der Waals surface area contributed by atoms with E-state index in [9.17, 15) is 4.79 Å². The van der Waals surface area contributed by atoms with Crippen LogP contribution in [0.3, 0.4) is 0 Å². The van der Waals surface area contributed by atoms with E-state index in [1.807, 2.05) is 0 Å². The van der Waals surface area contributed by atoms with Crippen molar-refractivity contribution >= 4 is 17.7 Å². The fourth-order valence-electron chi connectivity index (χ4n) is 3.52. The van der Waals surface area contributed by atoms with Gasteiger partial charge >= 0.3 is 0 Å². The number of nitrogens with one attached hydrogen (secondary N) is 2. The lowest BCUT2D eigenvalue weighted by Gasteiger charge is -2.28. The number of aromatic nitrogens is 3. The van der Waals surface area contributed by atoms with Crippen LogP contribution >= 0.6 is 11.8 Å². The van der Waals surface area contributed by atoms with Crippen molar-refractivity contribution in [1.29, 1.82) is 0 Å². The molecule has 0 radical (unpaired) electrons. The number of hydrogen-bond acceptors (Lipinski definition) is 4. The molecular weight excluding hydrogens is 334 g/mol. The van der Waals surface area contributed by atoms with E-state index in [0.717, 1.165) is 17.4 Å². The highest BCUT2D eigenvalue weighted by atomic mass is 32.2. The molecule has 0 saturated heterocycles. The van der Waals surface area contributed by atoms with Gasteiger partial charge < -0.3 is 10.2 Å². The summed E-state index contributed by atoms with van der Waals surface area (Å²) in [6.45, 7) is 6.33. The van der Waals surface area contributed by atoms with Crippen LogP contribution in [0.15, 0.2) is 17.8 Å². The average Bonchev–Trinajstić information content (AvgIpc) is 3.02. The van der Waals surface area contributed by atoms with E-state index in [1.165, 1.54) is 48.8 Å². The van der Waals surface area contributed by atoms with E-state index >= 15 is 0 Å². The van der Waals surface area contributed by atoms with Crippen LogP contribution in [0.1, 0.15) is 63.4 Å². The van der Waals surface area contributed by atoms with Crippen molar-refractivity contribution in [3.63, 3.8) is 0 Å². The quantitative estimate of drug-likeness (QED) is 0.516. The molecule has 0 spiro atoms. The van der Waals surface area contributed by atoms with Crippen LogP contribution in [0.4, 0.5) is 0 Å². The molecule has 6 nitrogen and oxygen atoms in total. The summed E-state index contributed by atoms with van der Waals surface area (Å²) in [5.41, 5.74) is 0. The van der Waals surface area contributed by atoms with Gasteiger partial charge in [0.15, 0.2) is 11.0 Å². The third kappa shape index (κ3) is 5.31. The van der Waals surface area contributed by atoms with Gasteiger partial charge in [-0.3, -0.25) is 9.36 Å². The zero-order chi connectivity index (χ0) is 18.2.